The van der Waals surface area contributed by atoms with Crippen molar-refractivity contribution >= 4 is 0 Å². The van der Waals surface area contributed by atoms with Gasteiger partial charge < -0.3 is 14.6 Å². The van der Waals surface area contributed by atoms with Gasteiger partial charge >= 0.3 is 0 Å². The molecule has 0 amide bonds. The molecule has 0 aromatic rings. The summed E-state index contributed by atoms with van der Waals surface area (Å²) in [5.41, 5.74) is -1.42. The van der Waals surface area contributed by atoms with E-state index in [1.807, 2.05) is 0 Å². The third kappa shape index (κ3) is 2.72. The fourth-order valence-electron chi connectivity index (χ4n) is 4.50. The van der Waals surface area contributed by atoms with Crippen molar-refractivity contribution in [1.29, 1.82) is 5.26 Å². The first kappa shape index (κ1) is 15.3. The molecule has 4 heteroatoms. The average molecular weight is 293 g/mol. The molecule has 0 aromatic heterocycles. The Bertz CT molecular complexity index is 391. The predicted octanol–water partition coefficient (Wildman–Crippen LogP) is 3.29. The number of rotatable bonds is 1. The summed E-state index contributed by atoms with van der Waals surface area (Å²) >= 11 is 0. The van der Waals surface area contributed by atoms with Crippen LogP contribution < -0.4 is 0 Å². The Morgan fingerprint density at radius 3 is 1.81 bits per heavy atom. The maximum atomic E-state index is 11.3. The summed E-state index contributed by atoms with van der Waals surface area (Å²) in [6.45, 7) is 1.31. The maximum Gasteiger partial charge on any atom is 0.168 e. The summed E-state index contributed by atoms with van der Waals surface area (Å²) in [7, 11) is 0. The molecule has 0 radical (unpaired) electrons. The zero-order chi connectivity index (χ0) is 14.8. The van der Waals surface area contributed by atoms with Gasteiger partial charge in [0.25, 0.3) is 0 Å². The zero-order valence-corrected chi connectivity index (χ0v) is 12.9. The van der Waals surface area contributed by atoms with Crippen LogP contribution in [0, 0.1) is 16.7 Å². The van der Waals surface area contributed by atoms with Crippen LogP contribution in [0.1, 0.15) is 70.6 Å². The van der Waals surface area contributed by atoms with Crippen LogP contribution in [0.15, 0.2) is 0 Å². The summed E-state index contributed by atoms with van der Waals surface area (Å²) in [6, 6.07) is 2.54. The molecule has 1 N–H and O–H groups in total. The standard InChI is InChI=1S/C17H27NO3/c18-14-15(6-4-2-1-3-5-7-15)16(19)8-10-17(11-9-16)20-12-13-21-17/h19H,1-13H2. The van der Waals surface area contributed by atoms with E-state index in [0.29, 0.717) is 38.9 Å². The van der Waals surface area contributed by atoms with Gasteiger partial charge in [-0.15, -0.1) is 0 Å². The molecular formula is C17H27NO3. The second kappa shape index (κ2) is 5.87. The topological polar surface area (TPSA) is 62.5 Å². The highest BCUT2D eigenvalue weighted by molar-refractivity contribution is 5.13. The minimum atomic E-state index is -0.861. The SMILES string of the molecule is N#CC1(C2(O)CCC3(CC2)OCCO3)CCCCCCC1. The highest BCUT2D eigenvalue weighted by Crippen LogP contribution is 2.52. The van der Waals surface area contributed by atoms with E-state index in [1.54, 1.807) is 0 Å². The van der Waals surface area contributed by atoms with E-state index in [1.165, 1.54) is 19.3 Å². The van der Waals surface area contributed by atoms with Crippen LogP contribution in [0.3, 0.4) is 0 Å². The first-order valence-corrected chi connectivity index (χ1v) is 8.55. The smallest absolute Gasteiger partial charge is 0.168 e. The monoisotopic (exact) mass is 293 g/mol. The van der Waals surface area contributed by atoms with E-state index in [2.05, 4.69) is 6.07 Å². The number of hydrogen-bond acceptors (Lipinski definition) is 4. The van der Waals surface area contributed by atoms with Gasteiger partial charge in [0.15, 0.2) is 5.79 Å². The minimum Gasteiger partial charge on any atom is -0.388 e. The van der Waals surface area contributed by atoms with Crippen LogP contribution in [-0.2, 0) is 9.47 Å². The van der Waals surface area contributed by atoms with Gasteiger partial charge in [-0.2, -0.15) is 5.26 Å². The number of nitrogens with zero attached hydrogens (tertiary/aromatic N) is 1. The molecule has 1 saturated heterocycles. The number of ether oxygens (including phenoxy) is 2. The Labute approximate surface area is 127 Å². The van der Waals surface area contributed by atoms with E-state index in [4.69, 9.17) is 9.47 Å². The van der Waals surface area contributed by atoms with E-state index < -0.39 is 16.8 Å². The fraction of sp³-hybridized carbons (Fsp3) is 0.941. The van der Waals surface area contributed by atoms with E-state index in [-0.39, 0.29) is 0 Å². The Hall–Kier alpha value is -0.630. The van der Waals surface area contributed by atoms with Gasteiger partial charge in [0.1, 0.15) is 0 Å². The molecule has 2 saturated carbocycles. The zero-order valence-electron chi connectivity index (χ0n) is 12.9. The van der Waals surface area contributed by atoms with Crippen LogP contribution in [0.5, 0.6) is 0 Å². The first-order valence-electron chi connectivity index (χ1n) is 8.55. The molecule has 2 aliphatic carbocycles. The van der Waals surface area contributed by atoms with Gasteiger partial charge in [0, 0.05) is 12.8 Å². The van der Waals surface area contributed by atoms with Gasteiger partial charge in [0.05, 0.1) is 30.3 Å². The molecule has 118 valence electrons. The van der Waals surface area contributed by atoms with Gasteiger partial charge in [0.2, 0.25) is 0 Å². The summed E-state index contributed by atoms with van der Waals surface area (Å²) in [5.74, 6) is -0.468. The minimum absolute atomic E-state index is 0.468. The lowest BCUT2D eigenvalue weighted by Crippen LogP contribution is -2.53. The first-order chi connectivity index (χ1) is 10.1. The Morgan fingerprint density at radius 1 is 0.762 bits per heavy atom. The van der Waals surface area contributed by atoms with Gasteiger partial charge in [-0.05, 0) is 25.7 Å². The van der Waals surface area contributed by atoms with Crippen molar-refractivity contribution in [3.8, 4) is 6.07 Å². The molecule has 3 rings (SSSR count). The molecular weight excluding hydrogens is 266 g/mol. The fourth-order valence-corrected chi connectivity index (χ4v) is 4.50. The highest BCUT2D eigenvalue weighted by atomic mass is 16.7. The highest BCUT2D eigenvalue weighted by Gasteiger charge is 2.55. The Kier molecular flexibility index (Phi) is 4.27. The number of aliphatic hydroxyl groups is 1. The van der Waals surface area contributed by atoms with Crippen molar-refractivity contribution in [2.24, 2.45) is 5.41 Å². The van der Waals surface area contributed by atoms with Crippen LogP contribution in [0.4, 0.5) is 0 Å². The van der Waals surface area contributed by atoms with Crippen molar-refractivity contribution in [2.75, 3.05) is 13.2 Å². The quantitative estimate of drug-likeness (QED) is 0.806. The summed E-state index contributed by atoms with van der Waals surface area (Å²) in [6.07, 6.45) is 10.1. The molecule has 1 aliphatic heterocycles. The number of hydrogen-bond donors (Lipinski definition) is 1. The lowest BCUT2D eigenvalue weighted by atomic mass is 9.60. The van der Waals surface area contributed by atoms with Crippen molar-refractivity contribution < 1.29 is 14.6 Å². The Balaban J connectivity index is 1.75. The van der Waals surface area contributed by atoms with Crippen molar-refractivity contribution in [2.45, 2.75) is 82.0 Å². The van der Waals surface area contributed by atoms with E-state index >= 15 is 0 Å². The Morgan fingerprint density at radius 2 is 1.29 bits per heavy atom. The van der Waals surface area contributed by atoms with Crippen LogP contribution in [-0.4, -0.2) is 29.7 Å². The second-order valence-electron chi connectivity index (χ2n) is 7.10. The summed E-state index contributed by atoms with van der Waals surface area (Å²) < 4.78 is 11.5. The molecule has 1 heterocycles. The van der Waals surface area contributed by atoms with Crippen molar-refractivity contribution in [1.82, 2.24) is 0 Å². The molecule has 1 spiro atoms. The number of nitriles is 1. The summed E-state index contributed by atoms with van der Waals surface area (Å²) in [4.78, 5) is 0. The van der Waals surface area contributed by atoms with Crippen LogP contribution >= 0.6 is 0 Å². The van der Waals surface area contributed by atoms with Gasteiger partial charge in [-0.1, -0.05) is 32.1 Å². The molecule has 0 unspecified atom stereocenters. The molecule has 0 bridgehead atoms. The largest absolute Gasteiger partial charge is 0.388 e. The van der Waals surface area contributed by atoms with Crippen molar-refractivity contribution in [3.63, 3.8) is 0 Å². The lowest BCUT2D eigenvalue weighted by Gasteiger charge is -2.49. The average Bonchev–Trinajstić information content (AvgIpc) is 2.92. The van der Waals surface area contributed by atoms with Crippen LogP contribution in [0.2, 0.25) is 0 Å². The molecule has 3 fully saturated rings. The van der Waals surface area contributed by atoms with Crippen molar-refractivity contribution in [3.05, 3.63) is 0 Å². The second-order valence-corrected chi connectivity index (χ2v) is 7.10. The molecule has 0 atom stereocenters. The maximum absolute atomic E-state index is 11.3. The molecule has 21 heavy (non-hydrogen) atoms. The molecule has 0 aromatic carbocycles. The third-order valence-electron chi connectivity index (χ3n) is 5.96. The molecule has 3 aliphatic rings. The van der Waals surface area contributed by atoms with E-state index in [9.17, 15) is 10.4 Å². The van der Waals surface area contributed by atoms with Gasteiger partial charge in [-0.25, -0.2) is 0 Å². The lowest BCUT2D eigenvalue weighted by molar-refractivity contribution is -0.218. The van der Waals surface area contributed by atoms with E-state index in [0.717, 1.165) is 25.7 Å². The predicted molar refractivity (Wildman–Crippen MR) is 78.4 cm³/mol. The summed E-state index contributed by atoms with van der Waals surface area (Å²) in [5, 5.41) is 21.1. The third-order valence-corrected chi connectivity index (χ3v) is 5.96. The van der Waals surface area contributed by atoms with Gasteiger partial charge in [-0.3, -0.25) is 0 Å². The normalized spacial score (nSPS) is 31.2. The molecule has 4 nitrogen and oxygen atoms in total. The van der Waals surface area contributed by atoms with Crippen LogP contribution in [0.25, 0.3) is 0 Å².